The molecular weight excluding hydrogens is 475 g/mol. The van der Waals surface area contributed by atoms with E-state index >= 15 is 0 Å². The Balaban J connectivity index is 1.55. The first-order valence-electron chi connectivity index (χ1n) is 11.4. The SMILES string of the molecule is CC(C)(C)S(=O)(=O)/N=C(\[O-])c1cnn2ccc(N3CCC[C@@H]3c3cc(F)cc4c3OCCO4)cc12. The Bertz CT molecular complexity index is 1430. The number of halogens is 1. The van der Waals surface area contributed by atoms with Gasteiger partial charge >= 0.3 is 0 Å². The van der Waals surface area contributed by atoms with Gasteiger partial charge in [0.05, 0.1) is 22.5 Å². The highest BCUT2D eigenvalue weighted by Crippen LogP contribution is 2.45. The van der Waals surface area contributed by atoms with Crippen LogP contribution in [0.4, 0.5) is 10.1 Å². The molecule has 9 nitrogen and oxygen atoms in total. The van der Waals surface area contributed by atoms with Gasteiger partial charge in [0.2, 0.25) is 0 Å². The summed E-state index contributed by atoms with van der Waals surface area (Å²) in [7, 11) is -4.01. The summed E-state index contributed by atoms with van der Waals surface area (Å²) in [6.07, 6.45) is 4.69. The van der Waals surface area contributed by atoms with Crippen molar-refractivity contribution < 1.29 is 27.4 Å². The standard InChI is InChI=1S/C24H27FN4O5S/c1-24(2,3)35(31,32)27-23(30)18-14-26-29-8-6-16(13-20(18)29)28-7-4-5-19(28)17-11-15(25)12-21-22(17)34-10-9-33-21/h6,8,11-14,19H,4-5,7,9-10H2,1-3H3,(H,27,30)/p-1/t19-/m1/s1. The molecule has 0 unspecified atom stereocenters. The van der Waals surface area contributed by atoms with Crippen molar-refractivity contribution in [3.8, 4) is 11.5 Å². The molecule has 0 aliphatic carbocycles. The van der Waals surface area contributed by atoms with Gasteiger partial charge in [-0.15, -0.1) is 0 Å². The predicted molar refractivity (Wildman–Crippen MR) is 127 cm³/mol. The number of ether oxygens (including phenoxy) is 2. The highest BCUT2D eigenvalue weighted by atomic mass is 32.2. The average Bonchev–Trinajstić information content (AvgIpc) is 3.44. The first-order chi connectivity index (χ1) is 16.5. The van der Waals surface area contributed by atoms with Crippen molar-refractivity contribution in [1.82, 2.24) is 9.61 Å². The fourth-order valence-corrected chi connectivity index (χ4v) is 4.99. The molecule has 0 N–H and O–H groups in total. The van der Waals surface area contributed by atoms with Crippen LogP contribution in [0.25, 0.3) is 5.52 Å². The fourth-order valence-electron chi connectivity index (χ4n) is 4.40. The van der Waals surface area contributed by atoms with Gasteiger partial charge in [-0.1, -0.05) is 0 Å². The van der Waals surface area contributed by atoms with E-state index in [4.69, 9.17) is 9.47 Å². The molecule has 35 heavy (non-hydrogen) atoms. The molecule has 3 aromatic rings. The maximum atomic E-state index is 14.4. The third-order valence-corrected chi connectivity index (χ3v) is 8.25. The molecule has 0 bridgehead atoms. The molecule has 2 aromatic heterocycles. The molecule has 186 valence electrons. The zero-order chi connectivity index (χ0) is 25.0. The number of benzene rings is 1. The average molecular weight is 502 g/mol. The van der Waals surface area contributed by atoms with Gasteiger partial charge < -0.3 is 19.5 Å². The van der Waals surface area contributed by atoms with Crippen molar-refractivity contribution in [2.45, 2.75) is 44.4 Å². The van der Waals surface area contributed by atoms with Crippen LogP contribution in [0, 0.1) is 5.82 Å². The van der Waals surface area contributed by atoms with Gasteiger partial charge in [-0.05, 0) is 51.8 Å². The number of sulfonamides is 1. The molecule has 11 heteroatoms. The Kier molecular flexibility index (Phi) is 5.62. The van der Waals surface area contributed by atoms with Crippen molar-refractivity contribution in [3.63, 3.8) is 0 Å². The first kappa shape index (κ1) is 23.4. The van der Waals surface area contributed by atoms with Crippen LogP contribution in [0.3, 0.4) is 0 Å². The second kappa shape index (κ2) is 8.40. The molecule has 0 radical (unpaired) electrons. The van der Waals surface area contributed by atoms with Crippen LogP contribution in [-0.2, 0) is 10.0 Å². The molecule has 2 aliphatic rings. The van der Waals surface area contributed by atoms with Gasteiger partial charge in [-0.25, -0.2) is 17.3 Å². The normalized spacial score (nSPS) is 18.9. The van der Waals surface area contributed by atoms with Crippen LogP contribution in [0.15, 0.2) is 41.1 Å². The lowest BCUT2D eigenvalue weighted by atomic mass is 10.0. The summed E-state index contributed by atoms with van der Waals surface area (Å²) in [6, 6.07) is 6.30. The minimum atomic E-state index is -4.01. The van der Waals surface area contributed by atoms with E-state index in [9.17, 15) is 17.9 Å². The van der Waals surface area contributed by atoms with Crippen molar-refractivity contribution in [3.05, 3.63) is 53.6 Å². The maximum absolute atomic E-state index is 14.4. The predicted octanol–water partition coefficient (Wildman–Crippen LogP) is 2.82. The van der Waals surface area contributed by atoms with Gasteiger partial charge in [0, 0.05) is 41.5 Å². The van der Waals surface area contributed by atoms with E-state index in [2.05, 4.69) is 14.4 Å². The monoisotopic (exact) mass is 501 g/mol. The zero-order valence-corrected chi connectivity index (χ0v) is 20.5. The summed E-state index contributed by atoms with van der Waals surface area (Å²) in [5.41, 5.74) is 2.04. The topological polar surface area (TPSA) is 109 Å². The van der Waals surface area contributed by atoms with E-state index in [1.54, 1.807) is 12.3 Å². The maximum Gasteiger partial charge on any atom is 0.257 e. The molecule has 1 atom stereocenters. The first-order valence-corrected chi connectivity index (χ1v) is 12.8. The zero-order valence-electron chi connectivity index (χ0n) is 19.7. The summed E-state index contributed by atoms with van der Waals surface area (Å²) >= 11 is 0. The largest absolute Gasteiger partial charge is 0.858 e. The van der Waals surface area contributed by atoms with Gasteiger partial charge in [0.15, 0.2) is 11.5 Å². The lowest BCUT2D eigenvalue weighted by Crippen LogP contribution is -2.30. The van der Waals surface area contributed by atoms with Gasteiger partial charge in [-0.3, -0.25) is 0 Å². The van der Waals surface area contributed by atoms with Crippen molar-refractivity contribution in [2.24, 2.45) is 4.40 Å². The van der Waals surface area contributed by atoms with Crippen LogP contribution in [-0.4, -0.2) is 48.4 Å². The van der Waals surface area contributed by atoms with E-state index in [1.165, 1.54) is 43.6 Å². The molecule has 0 saturated carbocycles. The molecule has 5 rings (SSSR count). The van der Waals surface area contributed by atoms with E-state index in [0.717, 1.165) is 18.5 Å². The number of nitrogens with zero attached hydrogens (tertiary/aromatic N) is 4. The smallest absolute Gasteiger partial charge is 0.257 e. The molecule has 4 heterocycles. The highest BCUT2D eigenvalue weighted by Gasteiger charge is 2.32. The Morgan fingerprint density at radius 1 is 1.23 bits per heavy atom. The van der Waals surface area contributed by atoms with Crippen molar-refractivity contribution >= 4 is 27.1 Å². The fraction of sp³-hybridized carbons (Fsp3) is 0.417. The van der Waals surface area contributed by atoms with Crippen LogP contribution < -0.4 is 19.5 Å². The number of hydrogen-bond acceptors (Lipinski definition) is 7. The summed E-state index contributed by atoms with van der Waals surface area (Å²) in [5.74, 6) is -0.299. The second-order valence-electron chi connectivity index (χ2n) is 9.63. The molecule has 1 saturated heterocycles. The Hall–Kier alpha value is -3.34. The number of hydrogen-bond donors (Lipinski definition) is 0. The Labute approximate surface area is 202 Å². The number of pyridine rings is 1. The molecule has 2 aliphatic heterocycles. The number of anilines is 1. The number of rotatable bonds is 4. The quantitative estimate of drug-likeness (QED) is 0.400. The van der Waals surface area contributed by atoms with Gasteiger partial charge in [0.25, 0.3) is 10.0 Å². The summed E-state index contributed by atoms with van der Waals surface area (Å²) < 4.78 is 54.5. The summed E-state index contributed by atoms with van der Waals surface area (Å²) in [5, 5.41) is 17.0. The van der Waals surface area contributed by atoms with Crippen LogP contribution in [0.2, 0.25) is 0 Å². The van der Waals surface area contributed by atoms with E-state index in [-0.39, 0.29) is 11.6 Å². The van der Waals surface area contributed by atoms with Crippen LogP contribution >= 0.6 is 0 Å². The van der Waals surface area contributed by atoms with Gasteiger partial charge in [-0.2, -0.15) is 9.50 Å². The van der Waals surface area contributed by atoms with Crippen molar-refractivity contribution in [1.29, 1.82) is 0 Å². The lowest BCUT2D eigenvalue weighted by molar-refractivity contribution is -0.212. The van der Waals surface area contributed by atoms with Crippen LogP contribution in [0.1, 0.15) is 50.8 Å². The molecule has 1 fully saturated rings. The molecule has 0 amide bonds. The molecule has 1 aromatic carbocycles. The third-order valence-electron chi connectivity index (χ3n) is 6.29. The Morgan fingerprint density at radius 3 is 2.77 bits per heavy atom. The van der Waals surface area contributed by atoms with E-state index < -0.39 is 26.5 Å². The minimum Gasteiger partial charge on any atom is -0.858 e. The minimum absolute atomic E-state index is 0.0929. The van der Waals surface area contributed by atoms with Crippen LogP contribution in [0.5, 0.6) is 11.5 Å². The third kappa shape index (κ3) is 4.18. The Morgan fingerprint density at radius 2 is 2.00 bits per heavy atom. The number of aromatic nitrogens is 2. The van der Waals surface area contributed by atoms with E-state index in [0.29, 0.717) is 42.3 Å². The number of fused-ring (bicyclic) bond motifs is 2. The molecular formula is C24H26FN4O5S-. The lowest BCUT2D eigenvalue weighted by Gasteiger charge is -2.30. The molecule has 0 spiro atoms. The van der Waals surface area contributed by atoms with E-state index in [1.807, 2.05) is 6.07 Å². The summed E-state index contributed by atoms with van der Waals surface area (Å²) in [4.78, 5) is 2.12. The second-order valence-corrected chi connectivity index (χ2v) is 12.0. The summed E-state index contributed by atoms with van der Waals surface area (Å²) in [6.45, 7) is 5.94. The van der Waals surface area contributed by atoms with Gasteiger partial charge in [0.1, 0.15) is 19.0 Å². The highest BCUT2D eigenvalue weighted by molar-refractivity contribution is 7.91. The van der Waals surface area contributed by atoms with Crippen molar-refractivity contribution in [2.75, 3.05) is 24.7 Å².